The first-order chi connectivity index (χ1) is 13.7. The minimum absolute atomic E-state index is 0.189. The number of benzene rings is 2. The zero-order valence-corrected chi connectivity index (χ0v) is 15.3. The predicted molar refractivity (Wildman–Crippen MR) is 104 cm³/mol. The van der Waals surface area contributed by atoms with Crippen molar-refractivity contribution in [1.29, 1.82) is 0 Å². The molecule has 2 aromatic heterocycles. The molecule has 0 aliphatic carbocycles. The molecule has 0 unspecified atom stereocenters. The molecule has 5 rings (SSSR count). The Kier molecular flexibility index (Phi) is 3.91. The lowest BCUT2D eigenvalue weighted by Gasteiger charge is -1.99. The number of nitrogens with zero attached hydrogens (tertiary/aromatic N) is 3. The summed E-state index contributed by atoms with van der Waals surface area (Å²) in [5.41, 5.74) is 1.25. The van der Waals surface area contributed by atoms with Crippen LogP contribution in [0, 0.1) is 0 Å². The molecule has 0 bridgehead atoms. The van der Waals surface area contributed by atoms with E-state index in [9.17, 15) is 9.59 Å². The Morgan fingerprint density at radius 1 is 1.07 bits per heavy atom. The van der Waals surface area contributed by atoms with E-state index in [1.54, 1.807) is 18.2 Å². The fraction of sp³-hybridized carbons (Fsp3) is 0.100. The minimum Gasteiger partial charge on any atom is -0.454 e. The quantitative estimate of drug-likeness (QED) is 0.525. The topological polar surface area (TPSA) is 82.8 Å². The molecular formula is C20H13N3O4S. The molecule has 0 atom stereocenters. The van der Waals surface area contributed by atoms with Crippen molar-refractivity contribution in [2.75, 3.05) is 6.79 Å². The Morgan fingerprint density at radius 2 is 1.89 bits per heavy atom. The number of thiazole rings is 1. The maximum absolute atomic E-state index is 12.8. The summed E-state index contributed by atoms with van der Waals surface area (Å²) in [6.45, 7) is 0.189. The Balaban J connectivity index is 1.59. The molecule has 0 spiro atoms. The minimum atomic E-state index is -0.417. The van der Waals surface area contributed by atoms with Crippen LogP contribution in [0.1, 0.15) is 16.8 Å². The van der Waals surface area contributed by atoms with Crippen molar-refractivity contribution >= 4 is 22.4 Å². The smallest absolute Gasteiger partial charge is 0.296 e. The van der Waals surface area contributed by atoms with Crippen LogP contribution in [0.5, 0.6) is 11.5 Å². The maximum Gasteiger partial charge on any atom is 0.296 e. The van der Waals surface area contributed by atoms with E-state index in [1.807, 2.05) is 36.4 Å². The van der Waals surface area contributed by atoms with E-state index >= 15 is 0 Å². The molecular weight excluding hydrogens is 378 g/mol. The largest absolute Gasteiger partial charge is 0.454 e. The van der Waals surface area contributed by atoms with Gasteiger partial charge in [0.05, 0.1) is 4.53 Å². The molecule has 3 heterocycles. The molecule has 0 radical (unpaired) electrons. The third-order valence-electron chi connectivity index (χ3n) is 4.36. The van der Waals surface area contributed by atoms with E-state index in [1.165, 1.54) is 4.52 Å². The Bertz CT molecular complexity index is 1360. The molecule has 0 saturated heterocycles. The highest BCUT2D eigenvalue weighted by Crippen LogP contribution is 2.32. The lowest BCUT2D eigenvalue weighted by Crippen LogP contribution is -2.28. The van der Waals surface area contributed by atoms with Gasteiger partial charge in [-0.1, -0.05) is 47.7 Å². The highest BCUT2D eigenvalue weighted by atomic mass is 32.1. The van der Waals surface area contributed by atoms with E-state index in [0.717, 1.165) is 22.5 Å². The first-order valence-electron chi connectivity index (χ1n) is 8.55. The Hall–Kier alpha value is -3.52. The summed E-state index contributed by atoms with van der Waals surface area (Å²) in [6.07, 6.45) is 2.05. The van der Waals surface area contributed by atoms with Gasteiger partial charge in [0.25, 0.3) is 11.1 Å². The zero-order chi connectivity index (χ0) is 19.1. The second kappa shape index (κ2) is 6.58. The standard InChI is InChI=1S/C20H13N3O4S/c24-18-14(8-12-4-2-1-3-5-12)22-23-19(25)17(28-20(23)21-18)10-13-6-7-15-16(9-13)27-11-26-15/h1-7,9-10H,8,11H2/b17-10-. The van der Waals surface area contributed by atoms with Gasteiger partial charge in [0.1, 0.15) is 5.69 Å². The number of hydrogen-bond donors (Lipinski definition) is 0. The maximum atomic E-state index is 12.8. The van der Waals surface area contributed by atoms with E-state index in [-0.39, 0.29) is 23.0 Å². The van der Waals surface area contributed by atoms with Gasteiger partial charge < -0.3 is 9.47 Å². The molecule has 0 N–H and O–H groups in total. The average Bonchev–Trinajstić information content (AvgIpc) is 3.28. The highest BCUT2D eigenvalue weighted by Gasteiger charge is 2.14. The van der Waals surface area contributed by atoms with Crippen LogP contribution in [0.2, 0.25) is 0 Å². The molecule has 1 aliphatic heterocycles. The van der Waals surface area contributed by atoms with Gasteiger partial charge in [0, 0.05) is 6.42 Å². The van der Waals surface area contributed by atoms with Gasteiger partial charge in [-0.2, -0.15) is 14.6 Å². The summed E-state index contributed by atoms with van der Waals surface area (Å²) in [4.78, 5) is 29.4. The molecule has 8 heteroatoms. The number of aromatic nitrogens is 3. The molecule has 4 aromatic rings. The Labute approximate surface area is 162 Å². The first kappa shape index (κ1) is 16.6. The van der Waals surface area contributed by atoms with Gasteiger partial charge in [0.15, 0.2) is 11.5 Å². The molecule has 0 amide bonds. The van der Waals surface area contributed by atoms with Crippen molar-refractivity contribution in [3.8, 4) is 11.5 Å². The van der Waals surface area contributed by atoms with Crippen LogP contribution in [0.25, 0.3) is 11.0 Å². The number of ether oxygens (including phenoxy) is 2. The van der Waals surface area contributed by atoms with Crippen LogP contribution in [0.4, 0.5) is 0 Å². The van der Waals surface area contributed by atoms with E-state index in [0.29, 0.717) is 22.5 Å². The van der Waals surface area contributed by atoms with Crippen molar-refractivity contribution in [1.82, 2.24) is 14.6 Å². The van der Waals surface area contributed by atoms with Crippen molar-refractivity contribution in [2.24, 2.45) is 0 Å². The van der Waals surface area contributed by atoms with E-state index in [2.05, 4.69) is 10.1 Å². The van der Waals surface area contributed by atoms with E-state index in [4.69, 9.17) is 9.47 Å². The summed E-state index contributed by atoms with van der Waals surface area (Å²) in [5, 5.41) is 4.26. The van der Waals surface area contributed by atoms with Gasteiger partial charge in [-0.3, -0.25) is 9.59 Å². The molecule has 2 aromatic carbocycles. The van der Waals surface area contributed by atoms with Gasteiger partial charge in [0.2, 0.25) is 11.8 Å². The van der Waals surface area contributed by atoms with Crippen molar-refractivity contribution < 1.29 is 9.47 Å². The molecule has 28 heavy (non-hydrogen) atoms. The highest BCUT2D eigenvalue weighted by molar-refractivity contribution is 7.15. The van der Waals surface area contributed by atoms with Crippen LogP contribution in [0.15, 0.2) is 58.1 Å². The third kappa shape index (κ3) is 2.93. The second-order valence-electron chi connectivity index (χ2n) is 6.25. The van der Waals surface area contributed by atoms with Crippen LogP contribution in [-0.2, 0) is 6.42 Å². The molecule has 138 valence electrons. The fourth-order valence-corrected chi connectivity index (χ4v) is 3.90. The van der Waals surface area contributed by atoms with E-state index < -0.39 is 5.56 Å². The molecule has 0 fully saturated rings. The third-order valence-corrected chi connectivity index (χ3v) is 5.32. The van der Waals surface area contributed by atoms with Crippen molar-refractivity contribution in [3.05, 3.63) is 90.6 Å². The van der Waals surface area contributed by atoms with Crippen LogP contribution in [0.3, 0.4) is 0 Å². The van der Waals surface area contributed by atoms with Gasteiger partial charge in [-0.15, -0.1) is 0 Å². The summed E-state index contributed by atoms with van der Waals surface area (Å²) in [5.74, 6) is 1.31. The van der Waals surface area contributed by atoms with Gasteiger partial charge in [-0.05, 0) is 29.3 Å². The van der Waals surface area contributed by atoms with Crippen LogP contribution < -0.4 is 25.1 Å². The van der Waals surface area contributed by atoms with Crippen molar-refractivity contribution in [3.63, 3.8) is 0 Å². The summed E-state index contributed by atoms with van der Waals surface area (Å²) >= 11 is 1.13. The first-order valence-corrected chi connectivity index (χ1v) is 9.37. The number of fused-ring (bicyclic) bond motifs is 2. The van der Waals surface area contributed by atoms with Gasteiger partial charge >= 0.3 is 0 Å². The fourth-order valence-electron chi connectivity index (χ4n) is 3.00. The zero-order valence-electron chi connectivity index (χ0n) is 14.5. The Morgan fingerprint density at radius 3 is 2.75 bits per heavy atom. The van der Waals surface area contributed by atoms with Crippen molar-refractivity contribution in [2.45, 2.75) is 6.42 Å². The summed E-state index contributed by atoms with van der Waals surface area (Å²) < 4.78 is 12.3. The molecule has 0 saturated carbocycles. The lowest BCUT2D eigenvalue weighted by molar-refractivity contribution is 0.174. The summed E-state index contributed by atoms with van der Waals surface area (Å²) in [7, 11) is 0. The van der Waals surface area contributed by atoms with Gasteiger partial charge in [-0.25, -0.2) is 0 Å². The van der Waals surface area contributed by atoms with Crippen LogP contribution in [-0.4, -0.2) is 21.4 Å². The number of rotatable bonds is 3. The second-order valence-corrected chi connectivity index (χ2v) is 7.26. The monoisotopic (exact) mass is 391 g/mol. The lowest BCUT2D eigenvalue weighted by atomic mass is 10.1. The molecule has 1 aliphatic rings. The summed E-state index contributed by atoms with van der Waals surface area (Å²) in [6, 6.07) is 14.9. The number of hydrogen-bond acceptors (Lipinski definition) is 7. The molecule has 7 nitrogen and oxygen atoms in total. The normalized spacial score (nSPS) is 13.4. The predicted octanol–water partition coefficient (Wildman–Crippen LogP) is 1.38. The van der Waals surface area contributed by atoms with Crippen LogP contribution >= 0.6 is 11.3 Å². The SMILES string of the molecule is O=c1nc2s/c(=C\c3ccc4c(c3)OCO4)c(=O)n2nc1Cc1ccccc1. The average molecular weight is 391 g/mol.